The van der Waals surface area contributed by atoms with Gasteiger partial charge in [0.15, 0.2) is 6.10 Å². The van der Waals surface area contributed by atoms with Crippen molar-refractivity contribution in [3.63, 3.8) is 0 Å². The van der Waals surface area contributed by atoms with Crippen LogP contribution in [0, 0.1) is 0 Å². The molecule has 3 heterocycles. The first-order valence-electron chi connectivity index (χ1n) is 9.83. The van der Waals surface area contributed by atoms with E-state index in [-0.39, 0.29) is 5.91 Å². The number of hydrogen-bond donors (Lipinski definition) is 0. The van der Waals surface area contributed by atoms with Crippen molar-refractivity contribution in [1.82, 2.24) is 14.9 Å². The summed E-state index contributed by atoms with van der Waals surface area (Å²) in [6.45, 7) is 3.29. The van der Waals surface area contributed by atoms with E-state index in [1.165, 1.54) is 24.0 Å². The summed E-state index contributed by atoms with van der Waals surface area (Å²) in [5.41, 5.74) is 2.59. The Morgan fingerprint density at radius 3 is 2.81 bits per heavy atom. The largest absolute Gasteiger partial charge is 0.365 e. The molecule has 5 rings (SSSR count). The first-order chi connectivity index (χ1) is 13.3. The number of carbonyl (C=O) groups excluding carboxylic acids is 1. The SMILES string of the molecule is O=C(C1CN(c2ccnc(C3CC3)n2)CCO1)N1CCc2ccccc2C1. The second-order valence-electron chi connectivity index (χ2n) is 7.63. The van der Waals surface area contributed by atoms with Gasteiger partial charge < -0.3 is 14.5 Å². The lowest BCUT2D eigenvalue weighted by molar-refractivity contribution is -0.145. The monoisotopic (exact) mass is 364 g/mol. The molecular formula is C21H24N4O2. The van der Waals surface area contributed by atoms with Crippen molar-refractivity contribution in [3.8, 4) is 0 Å². The molecule has 0 N–H and O–H groups in total. The second-order valence-corrected chi connectivity index (χ2v) is 7.63. The maximum Gasteiger partial charge on any atom is 0.253 e. The fourth-order valence-electron chi connectivity index (χ4n) is 3.97. The fourth-order valence-corrected chi connectivity index (χ4v) is 3.97. The molecule has 0 bridgehead atoms. The number of ether oxygens (including phenoxy) is 1. The topological polar surface area (TPSA) is 58.6 Å². The Kier molecular flexibility index (Phi) is 4.28. The van der Waals surface area contributed by atoms with Crippen molar-refractivity contribution in [2.75, 3.05) is 31.1 Å². The summed E-state index contributed by atoms with van der Waals surface area (Å²) in [5.74, 6) is 2.47. The van der Waals surface area contributed by atoms with Gasteiger partial charge in [-0.3, -0.25) is 4.79 Å². The van der Waals surface area contributed by atoms with Crippen LogP contribution in [0.1, 0.15) is 35.7 Å². The lowest BCUT2D eigenvalue weighted by Crippen LogP contribution is -2.52. The van der Waals surface area contributed by atoms with E-state index in [4.69, 9.17) is 9.72 Å². The third-order valence-electron chi connectivity index (χ3n) is 5.71. The van der Waals surface area contributed by atoms with Crippen molar-refractivity contribution >= 4 is 11.7 Å². The normalized spacial score (nSPS) is 22.4. The molecule has 1 atom stereocenters. The van der Waals surface area contributed by atoms with Crippen molar-refractivity contribution in [3.05, 3.63) is 53.5 Å². The van der Waals surface area contributed by atoms with Crippen LogP contribution in [0.4, 0.5) is 5.82 Å². The lowest BCUT2D eigenvalue weighted by atomic mass is 9.99. The Labute approximate surface area is 159 Å². The molecule has 2 aromatic rings. The van der Waals surface area contributed by atoms with Crippen molar-refractivity contribution in [2.45, 2.75) is 37.8 Å². The van der Waals surface area contributed by atoms with Gasteiger partial charge in [-0.25, -0.2) is 9.97 Å². The zero-order chi connectivity index (χ0) is 18.2. The Morgan fingerprint density at radius 1 is 1.11 bits per heavy atom. The van der Waals surface area contributed by atoms with E-state index in [0.29, 0.717) is 25.6 Å². The van der Waals surface area contributed by atoms with Gasteiger partial charge in [0.05, 0.1) is 13.2 Å². The van der Waals surface area contributed by atoms with Crippen LogP contribution in [0.2, 0.25) is 0 Å². The molecule has 1 aromatic carbocycles. The first-order valence-corrected chi connectivity index (χ1v) is 9.83. The average molecular weight is 364 g/mol. The first kappa shape index (κ1) is 16.7. The number of carbonyl (C=O) groups is 1. The summed E-state index contributed by atoms with van der Waals surface area (Å²) in [5, 5.41) is 0. The van der Waals surface area contributed by atoms with E-state index >= 15 is 0 Å². The van der Waals surface area contributed by atoms with E-state index in [9.17, 15) is 4.79 Å². The number of anilines is 1. The quantitative estimate of drug-likeness (QED) is 0.835. The van der Waals surface area contributed by atoms with Crippen LogP contribution in [0.25, 0.3) is 0 Å². The highest BCUT2D eigenvalue weighted by Crippen LogP contribution is 2.38. The van der Waals surface area contributed by atoms with E-state index < -0.39 is 6.10 Å². The summed E-state index contributed by atoms with van der Waals surface area (Å²) < 4.78 is 5.85. The molecule has 1 unspecified atom stereocenters. The Bertz CT molecular complexity index is 852. The smallest absolute Gasteiger partial charge is 0.253 e. The van der Waals surface area contributed by atoms with Gasteiger partial charge in [-0.1, -0.05) is 24.3 Å². The van der Waals surface area contributed by atoms with Crippen molar-refractivity contribution in [2.24, 2.45) is 0 Å². The van der Waals surface area contributed by atoms with Crippen molar-refractivity contribution in [1.29, 1.82) is 0 Å². The number of rotatable bonds is 3. The fraction of sp³-hybridized carbons (Fsp3) is 0.476. The van der Waals surface area contributed by atoms with Gasteiger partial charge in [-0.15, -0.1) is 0 Å². The average Bonchev–Trinajstić information content (AvgIpc) is 3.58. The highest BCUT2D eigenvalue weighted by atomic mass is 16.5. The number of amides is 1. The van der Waals surface area contributed by atoms with Crippen LogP contribution < -0.4 is 4.90 Å². The van der Waals surface area contributed by atoms with Gasteiger partial charge in [-0.2, -0.15) is 0 Å². The van der Waals surface area contributed by atoms with Gasteiger partial charge in [-0.05, 0) is 36.5 Å². The molecule has 6 heteroatoms. The maximum absolute atomic E-state index is 13.1. The van der Waals surface area contributed by atoms with Crippen LogP contribution in [-0.2, 0) is 22.5 Å². The molecule has 1 amide bonds. The lowest BCUT2D eigenvalue weighted by Gasteiger charge is -2.37. The number of hydrogen-bond acceptors (Lipinski definition) is 5. The number of fused-ring (bicyclic) bond motifs is 1. The van der Waals surface area contributed by atoms with Crippen LogP contribution in [-0.4, -0.2) is 53.1 Å². The molecule has 6 nitrogen and oxygen atoms in total. The second kappa shape index (κ2) is 6.93. The summed E-state index contributed by atoms with van der Waals surface area (Å²) in [6.07, 6.45) is 4.69. The molecule has 27 heavy (non-hydrogen) atoms. The Morgan fingerprint density at radius 2 is 1.96 bits per heavy atom. The van der Waals surface area contributed by atoms with Crippen LogP contribution >= 0.6 is 0 Å². The Hall–Kier alpha value is -2.47. The molecule has 140 valence electrons. The molecule has 1 saturated heterocycles. The zero-order valence-electron chi connectivity index (χ0n) is 15.4. The predicted octanol–water partition coefficient (Wildman–Crippen LogP) is 2.14. The highest BCUT2D eigenvalue weighted by molar-refractivity contribution is 5.82. The van der Waals surface area contributed by atoms with Gasteiger partial charge in [0, 0.05) is 31.7 Å². The van der Waals surface area contributed by atoms with Gasteiger partial charge >= 0.3 is 0 Å². The third-order valence-corrected chi connectivity index (χ3v) is 5.71. The minimum atomic E-state index is -0.427. The van der Waals surface area contributed by atoms with Crippen LogP contribution in [0.5, 0.6) is 0 Å². The molecule has 3 aliphatic rings. The molecule has 2 aliphatic heterocycles. The van der Waals surface area contributed by atoms with Gasteiger partial charge in [0.25, 0.3) is 5.91 Å². The van der Waals surface area contributed by atoms with Crippen LogP contribution in [0.3, 0.4) is 0 Å². The minimum Gasteiger partial charge on any atom is -0.365 e. The standard InChI is InChI=1S/C21H24N4O2/c26-21(25-10-8-15-3-1-2-4-17(15)13-25)18-14-24(11-12-27-18)19-7-9-22-20(23-19)16-5-6-16/h1-4,7,9,16,18H,5-6,8,10-14H2. The highest BCUT2D eigenvalue weighted by Gasteiger charge is 2.33. The predicted molar refractivity (Wildman–Crippen MR) is 102 cm³/mol. The molecule has 0 spiro atoms. The molecule has 1 saturated carbocycles. The molecule has 0 radical (unpaired) electrons. The van der Waals surface area contributed by atoms with E-state index in [0.717, 1.165) is 31.2 Å². The van der Waals surface area contributed by atoms with E-state index in [2.05, 4.69) is 28.1 Å². The molecule has 2 fully saturated rings. The minimum absolute atomic E-state index is 0.0886. The molecule has 1 aliphatic carbocycles. The van der Waals surface area contributed by atoms with Crippen LogP contribution in [0.15, 0.2) is 36.5 Å². The third kappa shape index (κ3) is 3.41. The van der Waals surface area contributed by atoms with Crippen molar-refractivity contribution < 1.29 is 9.53 Å². The number of morpholine rings is 1. The van der Waals surface area contributed by atoms with Gasteiger partial charge in [0.1, 0.15) is 11.6 Å². The van der Waals surface area contributed by atoms with E-state index in [1.54, 1.807) is 0 Å². The number of benzene rings is 1. The summed E-state index contributed by atoms with van der Waals surface area (Å²) >= 11 is 0. The van der Waals surface area contributed by atoms with E-state index in [1.807, 2.05) is 23.2 Å². The molecule has 1 aromatic heterocycles. The number of aromatic nitrogens is 2. The summed E-state index contributed by atoms with van der Waals surface area (Å²) in [4.78, 5) is 26.3. The zero-order valence-corrected chi connectivity index (χ0v) is 15.4. The van der Waals surface area contributed by atoms with Gasteiger partial charge in [0.2, 0.25) is 0 Å². The Balaban J connectivity index is 1.28. The number of nitrogens with zero attached hydrogens (tertiary/aromatic N) is 4. The summed E-state index contributed by atoms with van der Waals surface area (Å²) in [6, 6.07) is 10.3. The summed E-state index contributed by atoms with van der Waals surface area (Å²) in [7, 11) is 0. The maximum atomic E-state index is 13.1. The molecular weight excluding hydrogens is 340 g/mol.